The molecule has 7 heteroatoms. The van der Waals surface area contributed by atoms with Crippen LogP contribution >= 0.6 is 0 Å². The highest BCUT2D eigenvalue weighted by atomic mass is 16.5. The molecule has 1 aromatic heterocycles. The van der Waals surface area contributed by atoms with Gasteiger partial charge < -0.3 is 14.7 Å². The minimum absolute atomic E-state index is 0.288. The van der Waals surface area contributed by atoms with Gasteiger partial charge in [0.05, 0.1) is 6.54 Å². The molecule has 23 heavy (non-hydrogen) atoms. The smallest absolute Gasteiger partial charge is 0.226 e. The zero-order valence-corrected chi connectivity index (χ0v) is 13.8. The van der Waals surface area contributed by atoms with Crippen LogP contribution in [0.1, 0.15) is 31.0 Å². The molecule has 0 bridgehead atoms. The van der Waals surface area contributed by atoms with Gasteiger partial charge in [0.25, 0.3) is 0 Å². The zero-order valence-electron chi connectivity index (χ0n) is 13.8. The number of carbonyl (C=O) groups is 1. The summed E-state index contributed by atoms with van der Waals surface area (Å²) in [6.45, 7) is 8.07. The van der Waals surface area contributed by atoms with Crippen molar-refractivity contribution in [3.8, 4) is 0 Å². The maximum atomic E-state index is 12.7. The highest BCUT2D eigenvalue weighted by molar-refractivity contribution is 5.82. The number of amides is 1. The van der Waals surface area contributed by atoms with Crippen molar-refractivity contribution in [2.45, 2.75) is 32.7 Å². The van der Waals surface area contributed by atoms with Gasteiger partial charge in [-0.1, -0.05) is 5.16 Å². The van der Waals surface area contributed by atoms with Crippen LogP contribution in [0.25, 0.3) is 0 Å². The van der Waals surface area contributed by atoms with Gasteiger partial charge in [0.2, 0.25) is 11.8 Å². The van der Waals surface area contributed by atoms with Gasteiger partial charge in [-0.2, -0.15) is 4.98 Å². The molecule has 2 aliphatic heterocycles. The van der Waals surface area contributed by atoms with Crippen molar-refractivity contribution < 1.29 is 9.32 Å². The van der Waals surface area contributed by atoms with Gasteiger partial charge in [-0.25, -0.2) is 0 Å². The molecular formula is C16H25N5O2. The van der Waals surface area contributed by atoms with Crippen LogP contribution in [0.2, 0.25) is 0 Å². The second-order valence-electron chi connectivity index (χ2n) is 7.20. The standard InChI is InChI=1S/C16H25N5O2/c1-12-18-14(19-23-12)11-20-6-8-21(9-7-20)15(22)13-10-16(13)2-4-17-5-3-16/h13,17H,2-11H2,1H3. The lowest BCUT2D eigenvalue weighted by Crippen LogP contribution is -2.49. The molecule has 0 radical (unpaired) electrons. The molecule has 1 aliphatic carbocycles. The Labute approximate surface area is 136 Å². The quantitative estimate of drug-likeness (QED) is 0.870. The number of piperazine rings is 1. The molecule has 126 valence electrons. The predicted molar refractivity (Wildman–Crippen MR) is 83.5 cm³/mol. The van der Waals surface area contributed by atoms with Gasteiger partial charge in [0, 0.05) is 39.0 Å². The first kappa shape index (κ1) is 15.1. The van der Waals surface area contributed by atoms with Crippen LogP contribution in [0.3, 0.4) is 0 Å². The third kappa shape index (κ3) is 2.99. The Morgan fingerprint density at radius 3 is 2.70 bits per heavy atom. The van der Waals surface area contributed by atoms with E-state index in [4.69, 9.17) is 4.52 Å². The molecule has 1 saturated carbocycles. The van der Waals surface area contributed by atoms with Crippen LogP contribution in [0.15, 0.2) is 4.52 Å². The summed E-state index contributed by atoms with van der Waals surface area (Å²) in [6.07, 6.45) is 3.44. The fraction of sp³-hybridized carbons (Fsp3) is 0.812. The van der Waals surface area contributed by atoms with Gasteiger partial charge in [0.1, 0.15) is 0 Å². The van der Waals surface area contributed by atoms with Gasteiger partial charge >= 0.3 is 0 Å². The third-order valence-electron chi connectivity index (χ3n) is 5.71. The van der Waals surface area contributed by atoms with Crippen LogP contribution in [0.4, 0.5) is 0 Å². The zero-order chi connectivity index (χ0) is 15.9. The first-order valence-corrected chi connectivity index (χ1v) is 8.67. The number of carbonyl (C=O) groups excluding carboxylic acids is 1. The van der Waals surface area contributed by atoms with Crippen molar-refractivity contribution in [1.82, 2.24) is 25.3 Å². The molecule has 7 nitrogen and oxygen atoms in total. The molecule has 3 fully saturated rings. The Morgan fingerprint density at radius 2 is 2.04 bits per heavy atom. The van der Waals surface area contributed by atoms with Crippen molar-refractivity contribution in [3.05, 3.63) is 11.7 Å². The van der Waals surface area contributed by atoms with E-state index in [-0.39, 0.29) is 5.92 Å². The minimum Gasteiger partial charge on any atom is -0.340 e. The Morgan fingerprint density at radius 1 is 1.30 bits per heavy atom. The van der Waals surface area contributed by atoms with E-state index in [1.165, 1.54) is 12.8 Å². The molecule has 1 unspecified atom stereocenters. The van der Waals surface area contributed by atoms with E-state index in [0.29, 0.717) is 23.8 Å². The van der Waals surface area contributed by atoms with Crippen LogP contribution in [0.5, 0.6) is 0 Å². The number of piperidine rings is 1. The van der Waals surface area contributed by atoms with E-state index >= 15 is 0 Å². The number of aromatic nitrogens is 2. The first-order chi connectivity index (χ1) is 11.2. The molecule has 4 rings (SSSR count). The van der Waals surface area contributed by atoms with Gasteiger partial charge in [-0.05, 0) is 37.8 Å². The fourth-order valence-electron chi connectivity index (χ4n) is 4.13. The average molecular weight is 319 g/mol. The second kappa shape index (κ2) is 5.87. The lowest BCUT2D eigenvalue weighted by atomic mass is 9.91. The lowest BCUT2D eigenvalue weighted by molar-refractivity contribution is -0.135. The predicted octanol–water partition coefficient (Wildman–Crippen LogP) is 0.412. The molecule has 1 N–H and O–H groups in total. The summed E-state index contributed by atoms with van der Waals surface area (Å²) in [7, 11) is 0. The molecule has 0 aromatic carbocycles. The fourth-order valence-corrected chi connectivity index (χ4v) is 4.13. The molecular weight excluding hydrogens is 294 g/mol. The summed E-state index contributed by atoms with van der Waals surface area (Å²) < 4.78 is 5.01. The van der Waals surface area contributed by atoms with Crippen LogP contribution in [-0.4, -0.2) is 65.1 Å². The van der Waals surface area contributed by atoms with E-state index in [0.717, 1.165) is 51.5 Å². The number of hydrogen-bond acceptors (Lipinski definition) is 6. The Bertz CT molecular complexity index is 573. The molecule has 1 spiro atoms. The van der Waals surface area contributed by atoms with Crippen LogP contribution in [0, 0.1) is 18.3 Å². The van der Waals surface area contributed by atoms with E-state index in [2.05, 4.69) is 25.3 Å². The Hall–Kier alpha value is -1.47. The molecule has 2 saturated heterocycles. The van der Waals surface area contributed by atoms with E-state index in [1.807, 2.05) is 0 Å². The van der Waals surface area contributed by atoms with E-state index in [9.17, 15) is 4.79 Å². The SMILES string of the molecule is Cc1nc(CN2CCN(C(=O)C3CC34CCNCC4)CC2)no1. The summed E-state index contributed by atoms with van der Waals surface area (Å²) in [5.41, 5.74) is 0.335. The summed E-state index contributed by atoms with van der Waals surface area (Å²) in [5, 5.41) is 7.34. The number of aryl methyl sites for hydroxylation is 1. The van der Waals surface area contributed by atoms with Crippen LogP contribution < -0.4 is 5.32 Å². The largest absolute Gasteiger partial charge is 0.340 e. The summed E-state index contributed by atoms with van der Waals surface area (Å²) in [4.78, 5) is 21.4. The van der Waals surface area contributed by atoms with Gasteiger partial charge in [0.15, 0.2) is 5.82 Å². The topological polar surface area (TPSA) is 74.5 Å². The highest BCUT2D eigenvalue weighted by Crippen LogP contribution is 2.59. The van der Waals surface area contributed by atoms with Crippen molar-refractivity contribution in [1.29, 1.82) is 0 Å². The molecule has 3 heterocycles. The van der Waals surface area contributed by atoms with Crippen molar-refractivity contribution >= 4 is 5.91 Å². The first-order valence-electron chi connectivity index (χ1n) is 8.67. The number of rotatable bonds is 3. The average Bonchev–Trinajstić information content (AvgIpc) is 3.09. The highest BCUT2D eigenvalue weighted by Gasteiger charge is 2.58. The van der Waals surface area contributed by atoms with Crippen molar-refractivity contribution in [3.63, 3.8) is 0 Å². The second-order valence-corrected chi connectivity index (χ2v) is 7.20. The number of nitrogens with one attached hydrogen (secondary N) is 1. The molecule has 1 atom stereocenters. The molecule has 1 aromatic rings. The maximum absolute atomic E-state index is 12.7. The summed E-state index contributed by atoms with van der Waals surface area (Å²) in [6, 6.07) is 0. The maximum Gasteiger partial charge on any atom is 0.226 e. The van der Waals surface area contributed by atoms with Crippen molar-refractivity contribution in [2.24, 2.45) is 11.3 Å². The monoisotopic (exact) mass is 319 g/mol. The molecule has 1 amide bonds. The molecule has 3 aliphatic rings. The van der Waals surface area contributed by atoms with Gasteiger partial charge in [-0.15, -0.1) is 0 Å². The number of nitrogens with zero attached hydrogens (tertiary/aromatic N) is 4. The Balaban J connectivity index is 1.27. The number of hydrogen-bond donors (Lipinski definition) is 1. The normalized spacial score (nSPS) is 27.3. The summed E-state index contributed by atoms with van der Waals surface area (Å²) >= 11 is 0. The van der Waals surface area contributed by atoms with E-state index < -0.39 is 0 Å². The van der Waals surface area contributed by atoms with Crippen molar-refractivity contribution in [2.75, 3.05) is 39.3 Å². The van der Waals surface area contributed by atoms with E-state index in [1.54, 1.807) is 6.92 Å². The van der Waals surface area contributed by atoms with Gasteiger partial charge in [-0.3, -0.25) is 9.69 Å². The summed E-state index contributed by atoms with van der Waals surface area (Å²) in [5.74, 6) is 2.02. The third-order valence-corrected chi connectivity index (χ3v) is 5.71. The minimum atomic E-state index is 0.288. The Kier molecular flexibility index (Phi) is 3.85. The van der Waals surface area contributed by atoms with Crippen LogP contribution in [-0.2, 0) is 11.3 Å². The lowest BCUT2D eigenvalue weighted by Gasteiger charge is -2.35.